The Morgan fingerprint density at radius 1 is 1.16 bits per heavy atom. The van der Waals surface area contributed by atoms with Crippen molar-refractivity contribution in [3.8, 4) is 22.9 Å². The number of aromatic nitrogens is 7. The van der Waals surface area contributed by atoms with E-state index in [9.17, 15) is 35.6 Å². The van der Waals surface area contributed by atoms with Crippen molar-refractivity contribution in [3.63, 3.8) is 0 Å². The van der Waals surface area contributed by atoms with Crippen LogP contribution in [-0.4, -0.2) is 50.2 Å². The maximum absolute atomic E-state index is 13.8. The van der Waals surface area contributed by atoms with Crippen LogP contribution in [0.1, 0.15) is 37.3 Å². The molecule has 1 aliphatic rings. The Labute approximate surface area is 204 Å². The molecule has 4 aromatic rings. The van der Waals surface area contributed by atoms with Gasteiger partial charge in [-0.15, -0.1) is 10.2 Å². The fourth-order valence-corrected chi connectivity index (χ4v) is 4.71. The number of aryl methyl sites for hydroxylation is 1. The maximum Gasteiger partial charge on any atom is 0.459 e. The van der Waals surface area contributed by atoms with Crippen LogP contribution >= 0.6 is 0 Å². The van der Waals surface area contributed by atoms with Crippen LogP contribution in [0.4, 0.5) is 22.0 Å². The molecule has 4 heterocycles. The normalized spacial score (nSPS) is 15.0. The van der Waals surface area contributed by atoms with Gasteiger partial charge in [0.1, 0.15) is 16.1 Å². The molecule has 11 nitrogen and oxygen atoms in total. The highest BCUT2D eigenvalue weighted by Crippen LogP contribution is 2.43. The molecule has 5 rings (SSSR count). The molecule has 1 aliphatic carbocycles. The molecule has 17 heteroatoms. The van der Waals surface area contributed by atoms with Crippen molar-refractivity contribution in [2.24, 2.45) is 7.05 Å². The van der Waals surface area contributed by atoms with Gasteiger partial charge in [-0.25, -0.2) is 13.4 Å². The second kappa shape index (κ2) is 8.12. The number of pyridine rings is 1. The lowest BCUT2D eigenvalue weighted by Gasteiger charge is -2.17. The smallest absolute Gasteiger partial charge is 0.459 e. The predicted octanol–water partition coefficient (Wildman–Crippen LogP) is 3.04. The number of nitrogens with zero attached hydrogens (tertiary/aromatic N) is 7. The number of rotatable bonds is 6. The zero-order valence-corrected chi connectivity index (χ0v) is 19.8. The van der Waals surface area contributed by atoms with Gasteiger partial charge in [-0.05, 0) is 25.0 Å². The summed E-state index contributed by atoms with van der Waals surface area (Å²) in [5, 5.41) is 23.4. The highest BCUT2D eigenvalue weighted by molar-refractivity contribution is 7.91. The van der Waals surface area contributed by atoms with E-state index in [-0.39, 0.29) is 33.5 Å². The number of sulfone groups is 1. The highest BCUT2D eigenvalue weighted by Gasteiger charge is 2.60. The minimum absolute atomic E-state index is 0.0134. The molecule has 0 saturated heterocycles. The summed E-state index contributed by atoms with van der Waals surface area (Å²) < 4.78 is 98.4. The van der Waals surface area contributed by atoms with Crippen molar-refractivity contribution >= 4 is 21.0 Å². The molecule has 4 aromatic heterocycles. The second-order valence-electron chi connectivity index (χ2n) is 8.41. The van der Waals surface area contributed by atoms with E-state index in [2.05, 4.69) is 25.3 Å². The van der Waals surface area contributed by atoms with E-state index in [1.807, 2.05) is 0 Å². The molecule has 1 saturated carbocycles. The largest absolute Gasteiger partial charge is 0.618 e. The Morgan fingerprint density at radius 2 is 1.86 bits per heavy atom. The van der Waals surface area contributed by atoms with Gasteiger partial charge in [-0.1, -0.05) is 12.1 Å². The van der Waals surface area contributed by atoms with Gasteiger partial charge in [0, 0.05) is 13.0 Å². The van der Waals surface area contributed by atoms with Crippen molar-refractivity contribution in [3.05, 3.63) is 35.1 Å². The van der Waals surface area contributed by atoms with Crippen molar-refractivity contribution < 1.29 is 39.6 Å². The topological polar surface area (TPSA) is 144 Å². The summed E-state index contributed by atoms with van der Waals surface area (Å²) in [5.41, 5.74) is -2.88. The summed E-state index contributed by atoms with van der Waals surface area (Å²) in [6.45, 7) is 1.34. The number of imidazole rings is 1. The van der Waals surface area contributed by atoms with E-state index in [0.717, 1.165) is 29.7 Å². The Kier molecular flexibility index (Phi) is 5.47. The maximum atomic E-state index is 13.8. The monoisotopic (exact) mass is 545 g/mol. The summed E-state index contributed by atoms with van der Waals surface area (Å²) in [6.07, 6.45) is -3.22. The summed E-state index contributed by atoms with van der Waals surface area (Å²) >= 11 is 0. The zero-order valence-electron chi connectivity index (χ0n) is 19.0. The number of hydrogen-bond donors (Lipinski definition) is 0. The van der Waals surface area contributed by atoms with E-state index in [1.54, 1.807) is 0 Å². The molecule has 0 spiro atoms. The molecule has 0 amide bonds. The van der Waals surface area contributed by atoms with Crippen LogP contribution in [0, 0.1) is 5.21 Å². The van der Waals surface area contributed by atoms with Gasteiger partial charge in [0.05, 0.1) is 11.3 Å². The molecule has 0 atom stereocenters. The van der Waals surface area contributed by atoms with E-state index in [4.69, 9.17) is 4.52 Å². The molecule has 37 heavy (non-hydrogen) atoms. The first-order chi connectivity index (χ1) is 17.2. The molecule has 196 valence electrons. The molecule has 0 bridgehead atoms. The molecule has 0 radical (unpaired) electrons. The van der Waals surface area contributed by atoms with Gasteiger partial charge in [-0.2, -0.15) is 31.7 Å². The predicted molar refractivity (Wildman–Crippen MR) is 114 cm³/mol. The number of halogens is 5. The highest BCUT2D eigenvalue weighted by atomic mass is 32.2. The first-order valence-electron chi connectivity index (χ1n) is 10.7. The van der Waals surface area contributed by atoms with Crippen LogP contribution in [0.3, 0.4) is 0 Å². The fourth-order valence-electron chi connectivity index (χ4n) is 3.61. The van der Waals surface area contributed by atoms with Crippen LogP contribution in [0.15, 0.2) is 27.7 Å². The van der Waals surface area contributed by atoms with E-state index < -0.39 is 49.5 Å². The first kappa shape index (κ1) is 24.9. The Balaban J connectivity index is 1.69. The Bertz CT molecular complexity index is 1640. The van der Waals surface area contributed by atoms with Gasteiger partial charge < -0.3 is 14.3 Å². The Morgan fingerprint density at radius 3 is 2.49 bits per heavy atom. The standard InChI is InChI=1S/C20H16F5N7O4S/c1-3-37(34,35)12-6-10(15-27-18(36-30-15)9-4-5-9)8-32(33)14(12)17-26-11-7-13(19(21,22)20(23,24)25)28-29-16(11)31(17)2/h6-9H,3-5H2,1-2H3. The lowest BCUT2D eigenvalue weighted by molar-refractivity contribution is -0.595. The van der Waals surface area contributed by atoms with Crippen LogP contribution in [0.25, 0.3) is 34.1 Å². The minimum Gasteiger partial charge on any atom is -0.618 e. The fraction of sp³-hybridized carbons (Fsp3) is 0.400. The quantitative estimate of drug-likeness (QED) is 0.203. The van der Waals surface area contributed by atoms with Gasteiger partial charge in [0.25, 0.3) is 5.69 Å². The number of hydrogen-bond acceptors (Lipinski definition) is 9. The summed E-state index contributed by atoms with van der Waals surface area (Å²) in [6, 6.07) is 1.54. The van der Waals surface area contributed by atoms with Gasteiger partial charge in [0.15, 0.2) is 21.7 Å². The number of fused-ring (bicyclic) bond motifs is 1. The molecule has 0 N–H and O–H groups in total. The lowest BCUT2D eigenvalue weighted by Crippen LogP contribution is -2.34. The van der Waals surface area contributed by atoms with E-state index in [1.165, 1.54) is 14.0 Å². The molecular formula is C20H16F5N7O4S. The third kappa shape index (κ3) is 4.06. The van der Waals surface area contributed by atoms with Crippen molar-refractivity contribution in [1.82, 2.24) is 29.9 Å². The van der Waals surface area contributed by atoms with Gasteiger partial charge in [0.2, 0.25) is 17.5 Å². The lowest BCUT2D eigenvalue weighted by atomic mass is 10.2. The summed E-state index contributed by atoms with van der Waals surface area (Å²) in [4.78, 5) is 7.70. The van der Waals surface area contributed by atoms with Crippen molar-refractivity contribution in [1.29, 1.82) is 0 Å². The van der Waals surface area contributed by atoms with Crippen LogP contribution in [0.2, 0.25) is 0 Å². The molecule has 1 fully saturated rings. The van der Waals surface area contributed by atoms with Crippen molar-refractivity contribution in [2.75, 3.05) is 5.75 Å². The summed E-state index contributed by atoms with van der Waals surface area (Å²) in [7, 11) is -2.82. The molecule has 0 aliphatic heterocycles. The molecule has 0 unspecified atom stereocenters. The molecular weight excluding hydrogens is 529 g/mol. The average molecular weight is 545 g/mol. The van der Waals surface area contributed by atoms with Crippen LogP contribution in [-0.2, 0) is 22.8 Å². The Hall–Kier alpha value is -3.76. The van der Waals surface area contributed by atoms with Crippen LogP contribution < -0.4 is 4.73 Å². The van der Waals surface area contributed by atoms with Crippen molar-refractivity contribution in [2.45, 2.75) is 42.7 Å². The van der Waals surface area contributed by atoms with Gasteiger partial charge in [-0.3, -0.25) is 0 Å². The van der Waals surface area contributed by atoms with Crippen LogP contribution in [0.5, 0.6) is 0 Å². The molecule has 0 aromatic carbocycles. The minimum atomic E-state index is -5.93. The second-order valence-corrected chi connectivity index (χ2v) is 10.7. The number of alkyl halides is 5. The van der Waals surface area contributed by atoms with E-state index >= 15 is 0 Å². The SMILES string of the molecule is CCS(=O)(=O)c1cc(-c2noc(C3CC3)n2)c[n+]([O-])c1-c1nc2cc(C(F)(F)C(F)(F)F)nnc2n1C. The first-order valence-corrected chi connectivity index (χ1v) is 12.4. The third-order valence-electron chi connectivity index (χ3n) is 5.84. The zero-order chi connectivity index (χ0) is 26.9. The third-order valence-corrected chi connectivity index (χ3v) is 7.59. The summed E-state index contributed by atoms with van der Waals surface area (Å²) in [5.74, 6) is -5.63. The van der Waals surface area contributed by atoms with Gasteiger partial charge >= 0.3 is 12.1 Å². The average Bonchev–Trinajstić information content (AvgIpc) is 3.47. The van der Waals surface area contributed by atoms with E-state index in [0.29, 0.717) is 12.0 Å².